The van der Waals surface area contributed by atoms with Crippen molar-refractivity contribution >= 4 is 11.7 Å². The highest BCUT2D eigenvalue weighted by atomic mass is 16.2. The van der Waals surface area contributed by atoms with Crippen LogP contribution in [0, 0.1) is 12.8 Å². The van der Waals surface area contributed by atoms with Crippen LogP contribution in [-0.2, 0) is 6.54 Å². The molecule has 2 aromatic rings. The fraction of sp³-hybridized carbons (Fsp3) is 0.444. The molecule has 1 aliphatic heterocycles. The summed E-state index contributed by atoms with van der Waals surface area (Å²) in [6, 6.07) is 7.86. The summed E-state index contributed by atoms with van der Waals surface area (Å²) in [6.07, 6.45) is 4.44. The van der Waals surface area contributed by atoms with E-state index in [-0.39, 0.29) is 5.91 Å². The van der Waals surface area contributed by atoms with Crippen LogP contribution in [0.25, 0.3) is 0 Å². The maximum atomic E-state index is 12.7. The molecule has 0 aromatic carbocycles. The van der Waals surface area contributed by atoms with E-state index in [2.05, 4.69) is 16.0 Å². The highest BCUT2D eigenvalue weighted by Crippen LogP contribution is 2.33. The Morgan fingerprint density at radius 1 is 1.30 bits per heavy atom. The molecule has 4 rings (SSSR count). The van der Waals surface area contributed by atoms with Gasteiger partial charge in [0.15, 0.2) is 0 Å². The second-order valence-electron chi connectivity index (χ2n) is 6.64. The Labute approximate surface area is 136 Å². The lowest BCUT2D eigenvalue weighted by atomic mass is 10.2. The highest BCUT2D eigenvalue weighted by Gasteiger charge is 2.29. The van der Waals surface area contributed by atoms with Gasteiger partial charge in [-0.3, -0.25) is 4.79 Å². The van der Waals surface area contributed by atoms with Crippen LogP contribution in [0.3, 0.4) is 0 Å². The standard InChI is InChI=1S/C18H22N4O/c1-13-4-7-15-12-22(18(23)16-3-2-8-19-16)10-9-21(17(15)20-13)11-14-5-6-14/h2-4,7-8,14,19H,5-6,9-12H2,1H3. The molecule has 1 aliphatic carbocycles. The van der Waals surface area contributed by atoms with Crippen LogP contribution < -0.4 is 4.90 Å². The van der Waals surface area contributed by atoms with E-state index in [1.54, 1.807) is 6.20 Å². The first-order valence-electron chi connectivity index (χ1n) is 8.35. The van der Waals surface area contributed by atoms with Gasteiger partial charge in [0.2, 0.25) is 0 Å². The third-order valence-electron chi connectivity index (χ3n) is 4.69. The number of carbonyl (C=O) groups is 1. The quantitative estimate of drug-likeness (QED) is 0.948. The van der Waals surface area contributed by atoms with Crippen LogP contribution >= 0.6 is 0 Å². The fourth-order valence-electron chi connectivity index (χ4n) is 3.20. The van der Waals surface area contributed by atoms with Gasteiger partial charge in [-0.25, -0.2) is 4.98 Å². The number of nitrogens with zero attached hydrogens (tertiary/aromatic N) is 3. The lowest BCUT2D eigenvalue weighted by Gasteiger charge is -2.24. The number of amides is 1. The van der Waals surface area contributed by atoms with Crippen LogP contribution in [0.1, 0.15) is 34.6 Å². The molecule has 0 atom stereocenters. The first-order valence-corrected chi connectivity index (χ1v) is 8.35. The zero-order valence-corrected chi connectivity index (χ0v) is 13.5. The number of fused-ring (bicyclic) bond motifs is 1. The molecule has 1 amide bonds. The molecule has 0 radical (unpaired) electrons. The molecule has 0 bridgehead atoms. The fourth-order valence-corrected chi connectivity index (χ4v) is 3.20. The minimum atomic E-state index is 0.0646. The minimum absolute atomic E-state index is 0.0646. The van der Waals surface area contributed by atoms with Gasteiger partial charge in [0, 0.05) is 43.6 Å². The number of anilines is 1. The van der Waals surface area contributed by atoms with Gasteiger partial charge >= 0.3 is 0 Å². The number of hydrogen-bond donors (Lipinski definition) is 1. The van der Waals surface area contributed by atoms with Crippen LogP contribution in [-0.4, -0.2) is 40.4 Å². The van der Waals surface area contributed by atoms with Crippen molar-refractivity contribution in [3.8, 4) is 0 Å². The summed E-state index contributed by atoms with van der Waals surface area (Å²) in [4.78, 5) is 24.8. The monoisotopic (exact) mass is 310 g/mol. The second-order valence-corrected chi connectivity index (χ2v) is 6.64. The molecule has 0 unspecified atom stereocenters. The lowest BCUT2D eigenvalue weighted by Crippen LogP contribution is -2.36. The van der Waals surface area contributed by atoms with E-state index < -0.39 is 0 Å². The molecule has 1 saturated carbocycles. The largest absolute Gasteiger partial charge is 0.357 e. The van der Waals surface area contributed by atoms with Crippen molar-refractivity contribution in [3.05, 3.63) is 47.4 Å². The number of nitrogens with one attached hydrogen (secondary N) is 1. The average molecular weight is 310 g/mol. The molecule has 1 fully saturated rings. The molecule has 1 N–H and O–H groups in total. The van der Waals surface area contributed by atoms with Crippen LogP contribution in [0.4, 0.5) is 5.82 Å². The summed E-state index contributed by atoms with van der Waals surface area (Å²) in [7, 11) is 0. The molecule has 2 aromatic heterocycles. The first kappa shape index (κ1) is 14.3. The lowest BCUT2D eigenvalue weighted by molar-refractivity contribution is 0.0746. The molecular formula is C18H22N4O. The van der Waals surface area contributed by atoms with E-state index in [0.717, 1.165) is 42.6 Å². The predicted octanol–water partition coefficient (Wildman–Crippen LogP) is 2.59. The van der Waals surface area contributed by atoms with Gasteiger partial charge in [-0.1, -0.05) is 6.07 Å². The number of aryl methyl sites for hydroxylation is 1. The summed E-state index contributed by atoms with van der Waals surface area (Å²) in [5.41, 5.74) is 2.84. The average Bonchev–Trinajstić information content (AvgIpc) is 3.24. The molecule has 0 spiro atoms. The zero-order chi connectivity index (χ0) is 15.8. The van der Waals surface area contributed by atoms with E-state index in [1.807, 2.05) is 30.0 Å². The van der Waals surface area contributed by atoms with E-state index in [9.17, 15) is 4.79 Å². The summed E-state index contributed by atoms with van der Waals surface area (Å²) >= 11 is 0. The van der Waals surface area contributed by atoms with Crippen molar-refractivity contribution in [3.63, 3.8) is 0 Å². The Kier molecular flexibility index (Phi) is 3.56. The van der Waals surface area contributed by atoms with Crippen LogP contribution in [0.2, 0.25) is 0 Å². The Balaban J connectivity index is 1.62. The van der Waals surface area contributed by atoms with Gasteiger partial charge in [-0.15, -0.1) is 0 Å². The smallest absolute Gasteiger partial charge is 0.270 e. The molecule has 23 heavy (non-hydrogen) atoms. The van der Waals surface area contributed by atoms with Crippen molar-refractivity contribution in [1.29, 1.82) is 0 Å². The molecular weight excluding hydrogens is 288 g/mol. The van der Waals surface area contributed by atoms with Gasteiger partial charge in [-0.05, 0) is 43.9 Å². The van der Waals surface area contributed by atoms with E-state index >= 15 is 0 Å². The summed E-state index contributed by atoms with van der Waals surface area (Å²) in [5, 5.41) is 0. The van der Waals surface area contributed by atoms with E-state index in [0.29, 0.717) is 12.2 Å². The molecule has 5 nitrogen and oxygen atoms in total. The van der Waals surface area contributed by atoms with Crippen molar-refractivity contribution < 1.29 is 4.79 Å². The maximum absolute atomic E-state index is 12.7. The van der Waals surface area contributed by atoms with Crippen molar-refractivity contribution in [1.82, 2.24) is 14.9 Å². The maximum Gasteiger partial charge on any atom is 0.270 e. The van der Waals surface area contributed by atoms with Crippen molar-refractivity contribution in [2.24, 2.45) is 5.92 Å². The summed E-state index contributed by atoms with van der Waals surface area (Å²) < 4.78 is 0. The summed E-state index contributed by atoms with van der Waals surface area (Å²) in [5.74, 6) is 1.93. The predicted molar refractivity (Wildman–Crippen MR) is 89.4 cm³/mol. The molecule has 5 heteroatoms. The number of pyridine rings is 1. The topological polar surface area (TPSA) is 52.2 Å². The Bertz CT molecular complexity index is 706. The number of H-pyrrole nitrogens is 1. The van der Waals surface area contributed by atoms with Gasteiger partial charge < -0.3 is 14.8 Å². The van der Waals surface area contributed by atoms with Gasteiger partial charge in [0.1, 0.15) is 11.5 Å². The Morgan fingerprint density at radius 3 is 2.91 bits per heavy atom. The molecule has 3 heterocycles. The first-order chi connectivity index (χ1) is 11.2. The Morgan fingerprint density at radius 2 is 2.17 bits per heavy atom. The third kappa shape index (κ3) is 2.96. The van der Waals surface area contributed by atoms with Crippen LogP contribution in [0.5, 0.6) is 0 Å². The molecule has 0 saturated heterocycles. The number of carbonyl (C=O) groups excluding carboxylic acids is 1. The van der Waals surface area contributed by atoms with Gasteiger partial charge in [0.05, 0.1) is 0 Å². The van der Waals surface area contributed by atoms with E-state index in [4.69, 9.17) is 4.98 Å². The summed E-state index contributed by atoms with van der Waals surface area (Å²) in [6.45, 7) is 5.31. The van der Waals surface area contributed by atoms with Gasteiger partial charge in [-0.2, -0.15) is 0 Å². The normalized spacial score (nSPS) is 17.8. The van der Waals surface area contributed by atoms with E-state index in [1.165, 1.54) is 12.8 Å². The Hall–Kier alpha value is -2.30. The number of hydrogen-bond acceptors (Lipinski definition) is 3. The highest BCUT2D eigenvalue weighted by molar-refractivity contribution is 5.92. The van der Waals surface area contributed by atoms with Crippen molar-refractivity contribution in [2.45, 2.75) is 26.3 Å². The third-order valence-corrected chi connectivity index (χ3v) is 4.69. The minimum Gasteiger partial charge on any atom is -0.357 e. The van der Waals surface area contributed by atoms with Crippen LogP contribution in [0.15, 0.2) is 30.5 Å². The molecule has 120 valence electrons. The van der Waals surface area contributed by atoms with Crippen molar-refractivity contribution in [2.75, 3.05) is 24.5 Å². The number of aromatic nitrogens is 2. The SMILES string of the molecule is Cc1ccc2c(n1)N(CC1CC1)CCN(C(=O)c1ccc[nH]1)C2. The zero-order valence-electron chi connectivity index (χ0n) is 13.5. The number of rotatable bonds is 3. The van der Waals surface area contributed by atoms with Gasteiger partial charge in [0.25, 0.3) is 5.91 Å². The molecule has 2 aliphatic rings. The second kappa shape index (κ2) is 5.72. The number of aromatic amines is 1.